The molecule has 3 aromatic carbocycles. The molecule has 1 amide bonds. The number of benzene rings is 3. The van der Waals surface area contributed by atoms with Crippen molar-refractivity contribution in [2.75, 3.05) is 12.4 Å². The second-order valence-corrected chi connectivity index (χ2v) is 7.66. The monoisotopic (exact) mass is 489 g/mol. The SMILES string of the molecule is COc1ccc(/C=C/C(=O)Nc2ccccc2C(=O)OCc2nnc(-c3ccc(Cl)cc3)o2)cc1. The Morgan fingerprint density at radius 3 is 2.49 bits per heavy atom. The first-order valence-corrected chi connectivity index (χ1v) is 10.9. The quantitative estimate of drug-likeness (QED) is 0.261. The highest BCUT2D eigenvalue weighted by Crippen LogP contribution is 2.21. The summed E-state index contributed by atoms with van der Waals surface area (Å²) in [7, 11) is 1.58. The maximum absolute atomic E-state index is 12.7. The molecule has 0 radical (unpaired) electrons. The zero-order chi connectivity index (χ0) is 24.6. The summed E-state index contributed by atoms with van der Waals surface area (Å²) >= 11 is 5.89. The Morgan fingerprint density at radius 2 is 1.74 bits per heavy atom. The van der Waals surface area contributed by atoms with Crippen molar-refractivity contribution in [2.45, 2.75) is 6.61 Å². The van der Waals surface area contributed by atoms with Gasteiger partial charge in [0.05, 0.1) is 18.4 Å². The van der Waals surface area contributed by atoms with Crippen molar-refractivity contribution in [3.8, 4) is 17.2 Å². The van der Waals surface area contributed by atoms with Gasteiger partial charge in [-0.3, -0.25) is 4.79 Å². The lowest BCUT2D eigenvalue weighted by Gasteiger charge is -2.09. The molecule has 0 aliphatic carbocycles. The number of anilines is 1. The van der Waals surface area contributed by atoms with Gasteiger partial charge in [0.25, 0.3) is 5.89 Å². The van der Waals surface area contributed by atoms with Crippen molar-refractivity contribution in [1.82, 2.24) is 10.2 Å². The Kier molecular flexibility index (Phi) is 7.54. The molecule has 4 rings (SSSR count). The van der Waals surface area contributed by atoms with Gasteiger partial charge in [0, 0.05) is 16.7 Å². The molecule has 0 fully saturated rings. The van der Waals surface area contributed by atoms with Gasteiger partial charge in [-0.25, -0.2) is 4.79 Å². The molecule has 0 aliphatic heterocycles. The van der Waals surface area contributed by atoms with Crippen LogP contribution in [0.1, 0.15) is 21.8 Å². The normalized spacial score (nSPS) is 10.8. The first-order chi connectivity index (χ1) is 17.0. The number of hydrogen-bond acceptors (Lipinski definition) is 7. The molecule has 8 nitrogen and oxygen atoms in total. The average Bonchev–Trinajstić information content (AvgIpc) is 3.36. The highest BCUT2D eigenvalue weighted by atomic mass is 35.5. The van der Waals surface area contributed by atoms with Gasteiger partial charge in [-0.2, -0.15) is 0 Å². The van der Waals surface area contributed by atoms with Gasteiger partial charge in [0.1, 0.15) is 5.75 Å². The van der Waals surface area contributed by atoms with Crippen LogP contribution in [0, 0.1) is 0 Å². The third kappa shape index (κ3) is 6.33. The summed E-state index contributed by atoms with van der Waals surface area (Å²) in [5, 5.41) is 11.1. The molecule has 9 heteroatoms. The number of carbonyl (C=O) groups is 2. The van der Waals surface area contributed by atoms with E-state index < -0.39 is 11.9 Å². The zero-order valence-corrected chi connectivity index (χ0v) is 19.4. The van der Waals surface area contributed by atoms with Crippen LogP contribution in [0.4, 0.5) is 5.69 Å². The lowest BCUT2D eigenvalue weighted by molar-refractivity contribution is -0.111. The van der Waals surface area contributed by atoms with Crippen LogP contribution in [0.15, 0.2) is 83.3 Å². The van der Waals surface area contributed by atoms with E-state index >= 15 is 0 Å². The molecular formula is C26H20ClN3O5. The molecule has 1 heterocycles. The van der Waals surface area contributed by atoms with Crippen LogP contribution >= 0.6 is 11.6 Å². The van der Waals surface area contributed by atoms with Gasteiger partial charge >= 0.3 is 5.97 Å². The number of ether oxygens (including phenoxy) is 2. The third-order valence-corrected chi connectivity index (χ3v) is 5.08. The average molecular weight is 490 g/mol. The second-order valence-electron chi connectivity index (χ2n) is 7.23. The van der Waals surface area contributed by atoms with Gasteiger partial charge in [-0.1, -0.05) is 35.9 Å². The van der Waals surface area contributed by atoms with E-state index in [9.17, 15) is 9.59 Å². The van der Waals surface area contributed by atoms with E-state index in [0.29, 0.717) is 16.3 Å². The van der Waals surface area contributed by atoms with Crippen molar-refractivity contribution in [2.24, 2.45) is 0 Å². The number of rotatable bonds is 8. The van der Waals surface area contributed by atoms with Crippen molar-refractivity contribution in [3.05, 3.63) is 101 Å². The minimum atomic E-state index is -0.647. The molecule has 0 spiro atoms. The van der Waals surface area contributed by atoms with E-state index in [2.05, 4.69) is 15.5 Å². The van der Waals surface area contributed by atoms with Gasteiger partial charge in [0.2, 0.25) is 11.8 Å². The summed E-state index contributed by atoms with van der Waals surface area (Å²) in [6.45, 7) is -0.223. The predicted octanol–water partition coefficient (Wildman–Crippen LogP) is 5.41. The molecule has 0 bridgehead atoms. The maximum atomic E-state index is 12.7. The molecule has 35 heavy (non-hydrogen) atoms. The van der Waals surface area contributed by atoms with Gasteiger partial charge in [-0.05, 0) is 60.2 Å². The molecule has 1 aromatic heterocycles. The first kappa shape index (κ1) is 23.7. The Hall–Kier alpha value is -4.43. The fraction of sp³-hybridized carbons (Fsp3) is 0.0769. The summed E-state index contributed by atoms with van der Waals surface area (Å²) in [5.41, 5.74) is 2.02. The summed E-state index contributed by atoms with van der Waals surface area (Å²) in [4.78, 5) is 25.1. The van der Waals surface area contributed by atoms with Gasteiger partial charge in [-0.15, -0.1) is 10.2 Å². The highest BCUT2D eigenvalue weighted by Gasteiger charge is 2.16. The Morgan fingerprint density at radius 1 is 1.00 bits per heavy atom. The fourth-order valence-electron chi connectivity index (χ4n) is 3.06. The minimum absolute atomic E-state index is 0.132. The topological polar surface area (TPSA) is 104 Å². The van der Waals surface area contributed by atoms with Crippen molar-refractivity contribution < 1.29 is 23.5 Å². The molecule has 176 valence electrons. The van der Waals surface area contributed by atoms with Crippen LogP contribution < -0.4 is 10.1 Å². The first-order valence-electron chi connectivity index (χ1n) is 10.5. The smallest absolute Gasteiger partial charge is 0.340 e. The molecular weight excluding hydrogens is 470 g/mol. The van der Waals surface area contributed by atoms with Crippen LogP contribution in [0.25, 0.3) is 17.5 Å². The van der Waals surface area contributed by atoms with Crippen LogP contribution in [-0.4, -0.2) is 29.2 Å². The molecule has 0 saturated heterocycles. The number of hydrogen-bond donors (Lipinski definition) is 1. The van der Waals surface area contributed by atoms with E-state index in [1.807, 2.05) is 12.1 Å². The second kappa shape index (κ2) is 11.1. The summed E-state index contributed by atoms with van der Waals surface area (Å²) < 4.78 is 16.0. The van der Waals surface area contributed by atoms with Crippen molar-refractivity contribution >= 4 is 35.2 Å². The zero-order valence-electron chi connectivity index (χ0n) is 18.6. The molecule has 0 unspecified atom stereocenters. The van der Waals surface area contributed by atoms with Gasteiger partial charge in [0.15, 0.2) is 6.61 Å². The molecule has 0 saturated carbocycles. The number of esters is 1. The lowest BCUT2D eigenvalue weighted by Crippen LogP contribution is -2.13. The van der Waals surface area contributed by atoms with Crippen LogP contribution in [0.3, 0.4) is 0 Å². The number of nitrogens with zero attached hydrogens (tertiary/aromatic N) is 2. The number of halogens is 1. The third-order valence-electron chi connectivity index (χ3n) is 4.83. The molecule has 4 aromatic rings. The van der Waals surface area contributed by atoms with Crippen LogP contribution in [0.2, 0.25) is 5.02 Å². The van der Waals surface area contributed by atoms with Gasteiger partial charge < -0.3 is 19.2 Å². The molecule has 0 atom stereocenters. The Balaban J connectivity index is 1.37. The largest absolute Gasteiger partial charge is 0.497 e. The predicted molar refractivity (Wildman–Crippen MR) is 131 cm³/mol. The van der Waals surface area contributed by atoms with Crippen LogP contribution in [0.5, 0.6) is 5.75 Å². The van der Waals surface area contributed by atoms with Crippen molar-refractivity contribution in [3.63, 3.8) is 0 Å². The minimum Gasteiger partial charge on any atom is -0.497 e. The standard InChI is InChI=1S/C26H20ClN3O5/c1-33-20-13-6-17(7-14-20)8-15-23(31)28-22-5-3-2-4-21(22)26(32)34-16-24-29-30-25(35-24)18-9-11-19(27)12-10-18/h2-15H,16H2,1H3,(H,28,31)/b15-8+. The Bertz CT molecular complexity index is 1350. The lowest BCUT2D eigenvalue weighted by atomic mass is 10.1. The van der Waals surface area contributed by atoms with E-state index in [1.165, 1.54) is 6.08 Å². The fourth-order valence-corrected chi connectivity index (χ4v) is 3.18. The van der Waals surface area contributed by atoms with E-state index in [1.54, 1.807) is 73.8 Å². The summed E-state index contributed by atoms with van der Waals surface area (Å²) in [6, 6.07) is 20.7. The van der Waals surface area contributed by atoms with E-state index in [4.69, 9.17) is 25.5 Å². The molecule has 0 aliphatic rings. The molecule has 1 N–H and O–H groups in total. The van der Waals surface area contributed by atoms with Crippen LogP contribution in [-0.2, 0) is 16.1 Å². The summed E-state index contributed by atoms with van der Waals surface area (Å²) in [5.74, 6) is 0.0916. The number of carbonyl (C=O) groups excluding carboxylic acids is 2. The number of methoxy groups -OCH3 is 1. The maximum Gasteiger partial charge on any atom is 0.340 e. The Labute approximate surface area is 206 Å². The number of para-hydroxylation sites is 1. The number of aromatic nitrogens is 2. The van der Waals surface area contributed by atoms with E-state index in [0.717, 1.165) is 11.3 Å². The number of amides is 1. The highest BCUT2D eigenvalue weighted by molar-refractivity contribution is 6.30. The number of nitrogens with one attached hydrogen (secondary N) is 1. The summed E-state index contributed by atoms with van der Waals surface area (Å²) in [6.07, 6.45) is 3.03. The van der Waals surface area contributed by atoms with E-state index in [-0.39, 0.29) is 24.0 Å². The van der Waals surface area contributed by atoms with Crippen molar-refractivity contribution in [1.29, 1.82) is 0 Å².